The van der Waals surface area contributed by atoms with Crippen LogP contribution in [0, 0.1) is 5.92 Å². The molecule has 1 N–H and O–H groups in total. The fourth-order valence-corrected chi connectivity index (χ4v) is 4.30. The number of benzene rings is 1. The van der Waals surface area contributed by atoms with Gasteiger partial charge in [-0.3, -0.25) is 5.10 Å². The van der Waals surface area contributed by atoms with Crippen LogP contribution in [0.25, 0.3) is 0 Å². The second-order valence-electron chi connectivity index (χ2n) is 7.64. The quantitative estimate of drug-likeness (QED) is 0.840. The first-order valence-electron chi connectivity index (χ1n) is 9.50. The van der Waals surface area contributed by atoms with Crippen molar-refractivity contribution < 1.29 is 22.6 Å². The van der Waals surface area contributed by atoms with Gasteiger partial charge in [-0.2, -0.15) is 18.3 Å². The minimum absolute atomic E-state index is 0.0701. The van der Waals surface area contributed by atoms with Crippen molar-refractivity contribution in [1.29, 1.82) is 0 Å². The van der Waals surface area contributed by atoms with Gasteiger partial charge in [-0.1, -0.05) is 12.1 Å². The van der Waals surface area contributed by atoms with Gasteiger partial charge >= 0.3 is 6.18 Å². The lowest BCUT2D eigenvalue weighted by molar-refractivity contribution is -0.141. The molecule has 0 spiro atoms. The third-order valence-electron chi connectivity index (χ3n) is 5.77. The van der Waals surface area contributed by atoms with Crippen LogP contribution in [0.3, 0.4) is 0 Å². The largest absolute Gasteiger partial charge is 0.497 e. The van der Waals surface area contributed by atoms with E-state index in [1.807, 2.05) is 24.3 Å². The van der Waals surface area contributed by atoms with Gasteiger partial charge in [0.05, 0.1) is 13.7 Å². The van der Waals surface area contributed by atoms with Crippen molar-refractivity contribution in [1.82, 2.24) is 15.1 Å². The SMILES string of the molecule is COc1ccc([C@@H]2CN(C[C@H]3CCOC3)C[C@H]2c2cc(C(F)(F)F)n[nH]2)cc1. The van der Waals surface area contributed by atoms with Crippen molar-refractivity contribution in [3.05, 3.63) is 47.3 Å². The fraction of sp³-hybridized carbons (Fsp3) is 0.550. The van der Waals surface area contributed by atoms with Gasteiger partial charge in [0.15, 0.2) is 5.69 Å². The van der Waals surface area contributed by atoms with E-state index < -0.39 is 11.9 Å². The number of ether oxygens (including phenoxy) is 2. The van der Waals surface area contributed by atoms with Crippen LogP contribution in [-0.2, 0) is 10.9 Å². The highest BCUT2D eigenvalue weighted by molar-refractivity contribution is 5.34. The summed E-state index contributed by atoms with van der Waals surface area (Å²) >= 11 is 0. The molecular weight excluding hydrogens is 371 g/mol. The molecule has 2 aromatic rings. The van der Waals surface area contributed by atoms with Crippen LogP contribution in [0.1, 0.15) is 35.2 Å². The molecule has 5 nitrogen and oxygen atoms in total. The van der Waals surface area contributed by atoms with Crippen LogP contribution < -0.4 is 4.74 Å². The Labute approximate surface area is 161 Å². The molecule has 1 aromatic carbocycles. The summed E-state index contributed by atoms with van der Waals surface area (Å²) in [4.78, 5) is 2.34. The number of methoxy groups -OCH3 is 1. The third kappa shape index (κ3) is 4.03. The molecule has 0 bridgehead atoms. The Morgan fingerprint density at radius 2 is 1.96 bits per heavy atom. The molecule has 3 atom stereocenters. The summed E-state index contributed by atoms with van der Waals surface area (Å²) in [5.41, 5.74) is 0.774. The van der Waals surface area contributed by atoms with Crippen LogP contribution in [0.15, 0.2) is 30.3 Å². The molecule has 0 unspecified atom stereocenters. The molecule has 0 amide bonds. The monoisotopic (exact) mass is 395 g/mol. The lowest BCUT2D eigenvalue weighted by atomic mass is 9.86. The maximum absolute atomic E-state index is 13.0. The Morgan fingerprint density at radius 3 is 2.57 bits per heavy atom. The lowest BCUT2D eigenvalue weighted by Gasteiger charge is -2.19. The van der Waals surface area contributed by atoms with E-state index in [1.165, 1.54) is 0 Å². The number of alkyl halides is 3. The average molecular weight is 395 g/mol. The summed E-state index contributed by atoms with van der Waals surface area (Å²) in [5, 5.41) is 6.15. The highest BCUT2D eigenvalue weighted by atomic mass is 19.4. The van der Waals surface area contributed by atoms with Gasteiger partial charge in [-0.25, -0.2) is 0 Å². The van der Waals surface area contributed by atoms with Crippen LogP contribution in [0.4, 0.5) is 13.2 Å². The van der Waals surface area contributed by atoms with Gasteiger partial charge < -0.3 is 14.4 Å². The number of halogens is 3. The number of aromatic amines is 1. The molecule has 0 aliphatic carbocycles. The first-order valence-corrected chi connectivity index (χ1v) is 9.50. The Hall–Kier alpha value is -2.06. The van der Waals surface area contributed by atoms with E-state index in [0.29, 0.717) is 18.2 Å². The molecule has 3 heterocycles. The Morgan fingerprint density at radius 1 is 1.21 bits per heavy atom. The number of aromatic nitrogens is 2. The number of nitrogens with zero attached hydrogens (tertiary/aromatic N) is 2. The fourth-order valence-electron chi connectivity index (χ4n) is 4.30. The molecular formula is C20H24F3N3O2. The summed E-state index contributed by atoms with van der Waals surface area (Å²) in [6, 6.07) is 8.95. The molecule has 28 heavy (non-hydrogen) atoms. The molecule has 2 fully saturated rings. The van der Waals surface area contributed by atoms with Gasteiger partial charge in [0.25, 0.3) is 0 Å². The summed E-state index contributed by atoms with van der Waals surface area (Å²) < 4.78 is 49.8. The molecule has 0 saturated carbocycles. The number of nitrogens with one attached hydrogen (secondary N) is 1. The zero-order valence-corrected chi connectivity index (χ0v) is 15.7. The molecule has 8 heteroatoms. The van der Waals surface area contributed by atoms with Crippen LogP contribution in [-0.4, -0.2) is 55.1 Å². The molecule has 2 aliphatic rings. The second-order valence-corrected chi connectivity index (χ2v) is 7.64. The maximum atomic E-state index is 13.0. The van der Waals surface area contributed by atoms with Gasteiger partial charge in [0.2, 0.25) is 0 Å². The Kier molecular flexibility index (Phi) is 5.33. The summed E-state index contributed by atoms with van der Waals surface area (Å²) in [6.07, 6.45) is -3.40. The minimum atomic E-state index is -4.44. The van der Waals surface area contributed by atoms with E-state index in [9.17, 15) is 13.2 Å². The van der Waals surface area contributed by atoms with E-state index >= 15 is 0 Å². The average Bonchev–Trinajstić information content (AvgIpc) is 3.42. The molecule has 1 aromatic heterocycles. The second kappa shape index (κ2) is 7.75. The van der Waals surface area contributed by atoms with Crippen molar-refractivity contribution in [2.24, 2.45) is 5.92 Å². The van der Waals surface area contributed by atoms with E-state index in [2.05, 4.69) is 15.1 Å². The number of hydrogen-bond acceptors (Lipinski definition) is 4. The third-order valence-corrected chi connectivity index (χ3v) is 5.77. The van der Waals surface area contributed by atoms with E-state index in [1.54, 1.807) is 7.11 Å². The molecule has 4 rings (SSSR count). The summed E-state index contributed by atoms with van der Waals surface area (Å²) in [6.45, 7) is 3.96. The van der Waals surface area contributed by atoms with E-state index in [4.69, 9.17) is 9.47 Å². The number of likely N-dealkylation sites (tertiary alicyclic amines) is 1. The number of rotatable bonds is 5. The smallest absolute Gasteiger partial charge is 0.435 e. The van der Waals surface area contributed by atoms with Gasteiger partial charge in [0.1, 0.15) is 5.75 Å². The van der Waals surface area contributed by atoms with Crippen LogP contribution in [0.5, 0.6) is 5.75 Å². The highest BCUT2D eigenvalue weighted by Crippen LogP contribution is 2.41. The Bertz CT molecular complexity index is 785. The lowest BCUT2D eigenvalue weighted by Crippen LogP contribution is -2.28. The van der Waals surface area contributed by atoms with Crippen LogP contribution >= 0.6 is 0 Å². The van der Waals surface area contributed by atoms with E-state index in [0.717, 1.165) is 50.1 Å². The van der Waals surface area contributed by atoms with Crippen molar-refractivity contribution >= 4 is 0 Å². The van der Waals surface area contributed by atoms with Crippen molar-refractivity contribution in [2.45, 2.75) is 24.4 Å². The zero-order chi connectivity index (χ0) is 19.7. The summed E-state index contributed by atoms with van der Waals surface area (Å²) in [5.74, 6) is 1.27. The van der Waals surface area contributed by atoms with Gasteiger partial charge in [-0.15, -0.1) is 0 Å². The first-order chi connectivity index (χ1) is 13.4. The number of H-pyrrole nitrogens is 1. The van der Waals surface area contributed by atoms with E-state index in [-0.39, 0.29) is 11.8 Å². The van der Waals surface area contributed by atoms with Crippen molar-refractivity contribution in [3.63, 3.8) is 0 Å². The standard InChI is InChI=1S/C20H24F3N3O2/c1-27-15-4-2-14(3-5-15)16-10-26(9-13-6-7-28-12-13)11-17(16)18-8-19(25-24-18)20(21,22)23/h2-5,8,13,16-17H,6-7,9-12H2,1H3,(H,24,25)/t13-,16+,17-/m1/s1. The molecule has 2 aliphatic heterocycles. The first kappa shape index (κ1) is 19.3. The topological polar surface area (TPSA) is 50.4 Å². The molecule has 0 radical (unpaired) electrons. The number of hydrogen-bond donors (Lipinski definition) is 1. The van der Waals surface area contributed by atoms with Crippen LogP contribution in [0.2, 0.25) is 0 Å². The highest BCUT2D eigenvalue weighted by Gasteiger charge is 2.40. The van der Waals surface area contributed by atoms with Crippen molar-refractivity contribution in [2.75, 3.05) is 40.0 Å². The van der Waals surface area contributed by atoms with Crippen molar-refractivity contribution in [3.8, 4) is 5.75 Å². The van der Waals surface area contributed by atoms with Gasteiger partial charge in [0, 0.05) is 43.8 Å². The minimum Gasteiger partial charge on any atom is -0.497 e. The molecule has 2 saturated heterocycles. The van der Waals surface area contributed by atoms with Gasteiger partial charge in [-0.05, 0) is 36.1 Å². The Balaban J connectivity index is 1.58. The zero-order valence-electron chi connectivity index (χ0n) is 15.7. The predicted molar refractivity (Wildman–Crippen MR) is 97.4 cm³/mol. The maximum Gasteiger partial charge on any atom is 0.435 e. The molecule has 152 valence electrons. The summed E-state index contributed by atoms with van der Waals surface area (Å²) in [7, 11) is 1.61. The predicted octanol–water partition coefficient (Wildman–Crippen LogP) is 3.66. The normalized spacial score (nSPS) is 26.1.